The van der Waals surface area contributed by atoms with E-state index in [-0.39, 0.29) is 5.75 Å². The van der Waals surface area contributed by atoms with Gasteiger partial charge in [-0.15, -0.1) is 0 Å². The van der Waals surface area contributed by atoms with Crippen LogP contribution in [0.4, 0.5) is 0 Å². The van der Waals surface area contributed by atoms with Crippen LogP contribution in [-0.4, -0.2) is 5.11 Å². The number of rotatable bonds is 1. The first-order valence-corrected chi connectivity index (χ1v) is 6.92. The highest BCUT2D eigenvalue weighted by molar-refractivity contribution is 9.11. The molecule has 0 bridgehead atoms. The summed E-state index contributed by atoms with van der Waals surface area (Å²) in [5, 5.41) is 10.7. The fraction of sp³-hybridized carbons (Fsp3) is 0. The highest BCUT2D eigenvalue weighted by Crippen LogP contribution is 2.44. The molecular weight excluding hydrogens is 360 g/mol. The third-order valence-corrected chi connectivity index (χ3v) is 4.15. The molecule has 0 saturated heterocycles. The van der Waals surface area contributed by atoms with Gasteiger partial charge < -0.3 is 9.52 Å². The molecule has 0 aliphatic heterocycles. The van der Waals surface area contributed by atoms with Crippen molar-refractivity contribution in [1.29, 1.82) is 0 Å². The second kappa shape index (κ2) is 4.44. The Morgan fingerprint density at radius 1 is 0.944 bits per heavy atom. The summed E-state index contributed by atoms with van der Waals surface area (Å²) in [6.45, 7) is 0. The van der Waals surface area contributed by atoms with Gasteiger partial charge in [0.2, 0.25) is 0 Å². The molecule has 0 aliphatic rings. The van der Waals surface area contributed by atoms with Crippen LogP contribution in [0, 0.1) is 0 Å². The molecule has 0 amide bonds. The first kappa shape index (κ1) is 11.8. The Morgan fingerprint density at radius 3 is 2.39 bits per heavy atom. The Balaban J connectivity index is 2.42. The van der Waals surface area contributed by atoms with Crippen molar-refractivity contribution in [3.63, 3.8) is 0 Å². The van der Waals surface area contributed by atoms with Crippen LogP contribution >= 0.6 is 31.9 Å². The average molecular weight is 368 g/mol. The molecule has 0 aliphatic carbocycles. The minimum atomic E-state index is 0.202. The molecule has 1 heterocycles. The lowest BCUT2D eigenvalue weighted by Crippen LogP contribution is -1.78. The first-order valence-electron chi connectivity index (χ1n) is 5.33. The molecule has 4 heteroatoms. The van der Waals surface area contributed by atoms with E-state index in [0.717, 1.165) is 22.1 Å². The zero-order chi connectivity index (χ0) is 12.7. The minimum absolute atomic E-state index is 0.202. The number of phenolic OH excluding ortho intramolecular Hbond substituents is 1. The van der Waals surface area contributed by atoms with Crippen LogP contribution in [-0.2, 0) is 0 Å². The summed E-state index contributed by atoms with van der Waals surface area (Å²) in [5.74, 6) is 0.202. The number of fused-ring (bicyclic) bond motifs is 1. The number of hydrogen-bond donors (Lipinski definition) is 1. The van der Waals surface area contributed by atoms with E-state index in [4.69, 9.17) is 4.42 Å². The summed E-state index contributed by atoms with van der Waals surface area (Å²) in [6, 6.07) is 13.3. The average Bonchev–Trinajstić information content (AvgIpc) is 2.72. The second-order valence-electron chi connectivity index (χ2n) is 3.89. The highest BCUT2D eigenvalue weighted by Gasteiger charge is 2.18. The van der Waals surface area contributed by atoms with Gasteiger partial charge in [-0.1, -0.05) is 30.3 Å². The van der Waals surface area contributed by atoms with Crippen LogP contribution in [0.25, 0.3) is 22.1 Å². The molecule has 2 nitrogen and oxygen atoms in total. The lowest BCUT2D eigenvalue weighted by atomic mass is 10.0. The van der Waals surface area contributed by atoms with Crippen molar-refractivity contribution in [1.82, 2.24) is 0 Å². The standard InChI is InChI=1S/C14H8Br2O2/c15-13-9(17)6-7-10-12(13)11(14(16)18-10)8-4-2-1-3-5-8/h1-7,17H. The maximum absolute atomic E-state index is 9.79. The van der Waals surface area contributed by atoms with Gasteiger partial charge in [-0.3, -0.25) is 0 Å². The number of benzene rings is 2. The topological polar surface area (TPSA) is 33.4 Å². The molecular formula is C14H8Br2O2. The Kier molecular flexibility index (Phi) is 2.92. The summed E-state index contributed by atoms with van der Waals surface area (Å²) in [5.41, 5.74) is 2.70. The number of furan rings is 1. The second-order valence-corrected chi connectivity index (χ2v) is 5.40. The van der Waals surface area contributed by atoms with Gasteiger partial charge in [0.25, 0.3) is 0 Å². The molecule has 1 N–H and O–H groups in total. The zero-order valence-electron chi connectivity index (χ0n) is 9.15. The fourth-order valence-electron chi connectivity index (χ4n) is 1.97. The van der Waals surface area contributed by atoms with Crippen LogP contribution in [0.1, 0.15) is 0 Å². The van der Waals surface area contributed by atoms with Crippen molar-refractivity contribution in [3.8, 4) is 16.9 Å². The predicted octanol–water partition coefficient (Wildman–Crippen LogP) is 5.33. The fourth-order valence-corrected chi connectivity index (χ4v) is 3.10. The van der Waals surface area contributed by atoms with Crippen LogP contribution in [0.2, 0.25) is 0 Å². The van der Waals surface area contributed by atoms with Crippen molar-refractivity contribution in [2.75, 3.05) is 0 Å². The van der Waals surface area contributed by atoms with Crippen LogP contribution in [0.15, 0.2) is 56.0 Å². The Bertz CT molecular complexity index is 717. The minimum Gasteiger partial charge on any atom is -0.507 e. The lowest BCUT2D eigenvalue weighted by molar-refractivity contribution is 0.472. The first-order chi connectivity index (χ1) is 8.68. The molecule has 0 unspecified atom stereocenters. The van der Waals surface area contributed by atoms with Gasteiger partial charge in [-0.2, -0.15) is 0 Å². The third kappa shape index (κ3) is 1.76. The number of hydrogen-bond acceptors (Lipinski definition) is 2. The summed E-state index contributed by atoms with van der Waals surface area (Å²) >= 11 is 6.85. The quantitative estimate of drug-likeness (QED) is 0.630. The van der Waals surface area contributed by atoms with Crippen molar-refractivity contribution >= 4 is 42.8 Å². The molecule has 3 aromatic rings. The molecule has 3 rings (SSSR count). The Hall–Kier alpha value is -1.26. The zero-order valence-corrected chi connectivity index (χ0v) is 12.3. The highest BCUT2D eigenvalue weighted by atomic mass is 79.9. The summed E-state index contributed by atoms with van der Waals surface area (Å²) in [4.78, 5) is 0. The van der Waals surface area contributed by atoms with E-state index in [9.17, 15) is 5.11 Å². The van der Waals surface area contributed by atoms with Gasteiger partial charge >= 0.3 is 0 Å². The van der Waals surface area contributed by atoms with Gasteiger partial charge in [-0.05, 0) is 49.6 Å². The third-order valence-electron chi connectivity index (χ3n) is 2.79. The summed E-state index contributed by atoms with van der Waals surface area (Å²) < 4.78 is 6.97. The summed E-state index contributed by atoms with van der Waals surface area (Å²) in [6.07, 6.45) is 0. The van der Waals surface area contributed by atoms with Crippen molar-refractivity contribution in [2.24, 2.45) is 0 Å². The number of aromatic hydroxyl groups is 1. The number of halogens is 2. The molecule has 1 aromatic heterocycles. The van der Waals surface area contributed by atoms with Crippen LogP contribution in [0.3, 0.4) is 0 Å². The normalized spacial score (nSPS) is 11.0. The molecule has 90 valence electrons. The molecule has 0 radical (unpaired) electrons. The molecule has 0 fully saturated rings. The van der Waals surface area contributed by atoms with E-state index < -0.39 is 0 Å². The Morgan fingerprint density at radius 2 is 1.67 bits per heavy atom. The van der Waals surface area contributed by atoms with E-state index in [1.54, 1.807) is 12.1 Å². The van der Waals surface area contributed by atoms with Crippen molar-refractivity contribution in [3.05, 3.63) is 51.6 Å². The SMILES string of the molecule is Oc1ccc2oc(Br)c(-c3ccccc3)c2c1Br. The van der Waals surface area contributed by atoms with E-state index in [1.807, 2.05) is 30.3 Å². The maximum Gasteiger partial charge on any atom is 0.178 e. The van der Waals surface area contributed by atoms with Gasteiger partial charge in [0.15, 0.2) is 4.67 Å². The lowest BCUT2D eigenvalue weighted by Gasteiger charge is -2.02. The number of phenols is 1. The molecule has 0 atom stereocenters. The van der Waals surface area contributed by atoms with Crippen molar-refractivity contribution < 1.29 is 9.52 Å². The van der Waals surface area contributed by atoms with Gasteiger partial charge in [0.05, 0.1) is 4.47 Å². The summed E-state index contributed by atoms with van der Waals surface area (Å²) in [7, 11) is 0. The van der Waals surface area contributed by atoms with Crippen molar-refractivity contribution in [2.45, 2.75) is 0 Å². The molecule has 18 heavy (non-hydrogen) atoms. The smallest absolute Gasteiger partial charge is 0.178 e. The van der Waals surface area contributed by atoms with E-state index in [1.165, 1.54) is 0 Å². The van der Waals surface area contributed by atoms with Gasteiger partial charge in [0, 0.05) is 10.9 Å². The van der Waals surface area contributed by atoms with Gasteiger partial charge in [-0.25, -0.2) is 0 Å². The monoisotopic (exact) mass is 366 g/mol. The van der Waals surface area contributed by atoms with E-state index >= 15 is 0 Å². The van der Waals surface area contributed by atoms with Gasteiger partial charge in [0.1, 0.15) is 11.3 Å². The van der Waals surface area contributed by atoms with Crippen LogP contribution < -0.4 is 0 Å². The molecule has 0 saturated carbocycles. The predicted molar refractivity (Wildman–Crippen MR) is 78.7 cm³/mol. The maximum atomic E-state index is 9.79. The molecule has 0 spiro atoms. The van der Waals surface area contributed by atoms with Crippen LogP contribution in [0.5, 0.6) is 5.75 Å². The Labute approximate surface area is 120 Å². The van der Waals surface area contributed by atoms with E-state index in [0.29, 0.717) is 9.14 Å². The largest absolute Gasteiger partial charge is 0.507 e. The molecule has 2 aromatic carbocycles. The van der Waals surface area contributed by atoms with E-state index in [2.05, 4.69) is 31.9 Å².